The van der Waals surface area contributed by atoms with E-state index < -0.39 is 0 Å². The Balaban J connectivity index is 1.18. The molecule has 2 aromatic heterocycles. The number of aryl methyl sites for hydroxylation is 1. The van der Waals surface area contributed by atoms with Crippen molar-refractivity contribution >= 4 is 93.7 Å². The van der Waals surface area contributed by atoms with Crippen LogP contribution in [-0.4, -0.2) is 11.8 Å². The molecule has 1 radical (unpaired) electrons. The maximum Gasteiger partial charge on any atom is 0.197 e. The standard InChI is InChI=1S/C66H58BN2S/c1-39-23-29-55-53(33-39)67-62-49(34-50(59(41-18-11-9-12-19-41)42-20-13-10-14-21-42)61-60-45-22-16-15-17-40(45)24-30-56(60)69(55)63(61)62)46-37-57-48(36-54(46)68-44-27-25-43(26-28-44)64(2,3)4)47-35-51-52(38-58(47)70-57)66(7,8)32-31-65(51,5)6/h9-30,33-38,59,68H,31-32H2,1-8H3. The van der Waals surface area contributed by atoms with Crippen LogP contribution in [0.5, 0.6) is 0 Å². The van der Waals surface area contributed by atoms with Gasteiger partial charge in [-0.05, 0) is 146 Å². The summed E-state index contributed by atoms with van der Waals surface area (Å²) in [5.41, 5.74) is 20.6. The van der Waals surface area contributed by atoms with E-state index in [9.17, 15) is 0 Å². The second kappa shape index (κ2) is 15.6. The molecule has 1 N–H and O–H groups in total. The minimum atomic E-state index is -0.0416. The fraction of sp³-hybridized carbons (Fsp3) is 0.212. The summed E-state index contributed by atoms with van der Waals surface area (Å²) in [6.07, 6.45) is 2.39. The molecular weight excluding hydrogens is 864 g/mol. The lowest BCUT2D eigenvalue weighted by atomic mass is 9.58. The van der Waals surface area contributed by atoms with Gasteiger partial charge in [0.05, 0.1) is 5.52 Å². The summed E-state index contributed by atoms with van der Waals surface area (Å²) in [4.78, 5) is 0. The molecule has 2 aliphatic rings. The van der Waals surface area contributed by atoms with E-state index in [0.29, 0.717) is 0 Å². The van der Waals surface area contributed by atoms with Gasteiger partial charge in [-0.15, -0.1) is 11.3 Å². The zero-order chi connectivity index (χ0) is 47.8. The smallest absolute Gasteiger partial charge is 0.197 e. The van der Waals surface area contributed by atoms with Crippen molar-refractivity contribution in [2.75, 3.05) is 5.32 Å². The van der Waals surface area contributed by atoms with Crippen molar-refractivity contribution in [1.29, 1.82) is 0 Å². The molecule has 2 nitrogen and oxygen atoms in total. The summed E-state index contributed by atoms with van der Waals surface area (Å²) in [7, 11) is 2.50. The van der Waals surface area contributed by atoms with Crippen molar-refractivity contribution in [2.24, 2.45) is 0 Å². The van der Waals surface area contributed by atoms with Crippen molar-refractivity contribution in [3.63, 3.8) is 0 Å². The number of nitrogens with zero attached hydrogens (tertiary/aromatic N) is 1. The molecular formula is C66H58BN2S. The number of rotatable bonds is 6. The molecule has 11 aromatic rings. The van der Waals surface area contributed by atoms with E-state index in [4.69, 9.17) is 0 Å². The molecule has 0 atom stereocenters. The summed E-state index contributed by atoms with van der Waals surface area (Å²) >= 11 is 1.95. The van der Waals surface area contributed by atoms with E-state index >= 15 is 0 Å². The number of aromatic nitrogens is 1. The summed E-state index contributed by atoms with van der Waals surface area (Å²) in [5, 5.41) is 11.9. The van der Waals surface area contributed by atoms with Gasteiger partial charge in [-0.25, -0.2) is 0 Å². The van der Waals surface area contributed by atoms with E-state index in [0.717, 1.165) is 11.4 Å². The van der Waals surface area contributed by atoms with Crippen LogP contribution in [0.3, 0.4) is 0 Å². The van der Waals surface area contributed by atoms with Gasteiger partial charge in [0.25, 0.3) is 0 Å². The summed E-state index contributed by atoms with van der Waals surface area (Å²) in [6.45, 7) is 18.9. The number of nitrogens with one attached hydrogen (secondary N) is 1. The van der Waals surface area contributed by atoms with E-state index in [1.54, 1.807) is 0 Å². The molecule has 1 aliphatic heterocycles. The number of hydrogen-bond donors (Lipinski definition) is 1. The fourth-order valence-electron chi connectivity index (χ4n) is 12.3. The highest BCUT2D eigenvalue weighted by molar-refractivity contribution is 7.25. The third-order valence-corrected chi connectivity index (χ3v) is 17.3. The molecule has 0 saturated heterocycles. The van der Waals surface area contributed by atoms with E-state index in [2.05, 4.69) is 242 Å². The molecule has 0 spiro atoms. The van der Waals surface area contributed by atoms with Gasteiger partial charge in [0.15, 0.2) is 7.28 Å². The quantitative estimate of drug-likeness (QED) is 0.130. The number of thiophene rings is 1. The highest BCUT2D eigenvalue weighted by Crippen LogP contribution is 2.52. The molecule has 13 rings (SSSR count). The number of benzene rings is 9. The maximum atomic E-state index is 4.10. The topological polar surface area (TPSA) is 17.0 Å². The Morgan fingerprint density at radius 3 is 1.94 bits per heavy atom. The van der Waals surface area contributed by atoms with Gasteiger partial charge < -0.3 is 9.88 Å². The summed E-state index contributed by atoms with van der Waals surface area (Å²) in [6, 6.07) is 64.9. The van der Waals surface area contributed by atoms with Crippen LogP contribution in [0.15, 0.2) is 170 Å². The van der Waals surface area contributed by atoms with Gasteiger partial charge >= 0.3 is 0 Å². The zero-order valence-corrected chi connectivity index (χ0v) is 42.4. The maximum absolute atomic E-state index is 4.10. The monoisotopic (exact) mass is 921 g/mol. The predicted molar refractivity (Wildman–Crippen MR) is 304 cm³/mol. The van der Waals surface area contributed by atoms with Gasteiger partial charge in [0.1, 0.15) is 0 Å². The summed E-state index contributed by atoms with van der Waals surface area (Å²) in [5.74, 6) is -0.0416. The Morgan fingerprint density at radius 2 is 1.24 bits per heavy atom. The number of anilines is 2. The van der Waals surface area contributed by atoms with Gasteiger partial charge in [-0.2, -0.15) is 0 Å². The first-order chi connectivity index (χ1) is 33.7. The molecule has 0 saturated carbocycles. The average Bonchev–Trinajstić information content (AvgIpc) is 3.90. The van der Waals surface area contributed by atoms with Crippen LogP contribution < -0.4 is 16.2 Å². The Bertz CT molecular complexity index is 3880. The second-order valence-corrected chi connectivity index (χ2v) is 23.8. The molecule has 70 heavy (non-hydrogen) atoms. The fourth-order valence-corrected chi connectivity index (χ4v) is 13.4. The van der Waals surface area contributed by atoms with Gasteiger partial charge in [0, 0.05) is 65.0 Å². The first kappa shape index (κ1) is 43.2. The SMILES string of the molecule is Cc1ccc2c(c1)[B]c1c(-c3cc4sc5cc6c(cc5c4cc3Nc3ccc(C(C)(C)C)cc3)C(C)(C)CCC6(C)C)cc(C(c3ccccc3)c3ccccc3)c3c4c5ccccc5ccc4n-2c13. The molecule has 341 valence electrons. The van der Waals surface area contributed by atoms with Crippen LogP contribution >= 0.6 is 11.3 Å². The molecule has 0 amide bonds. The van der Waals surface area contributed by atoms with Crippen molar-refractivity contribution in [2.45, 2.75) is 90.4 Å². The Morgan fingerprint density at radius 1 is 0.600 bits per heavy atom. The normalized spacial score (nSPS) is 14.9. The van der Waals surface area contributed by atoms with Crippen LogP contribution in [0.4, 0.5) is 11.4 Å². The first-order valence-electron chi connectivity index (χ1n) is 25.2. The van der Waals surface area contributed by atoms with Crippen molar-refractivity contribution in [3.8, 4) is 16.8 Å². The third-order valence-electron chi connectivity index (χ3n) is 16.2. The second-order valence-electron chi connectivity index (χ2n) is 22.7. The van der Waals surface area contributed by atoms with Crippen LogP contribution in [-0.2, 0) is 16.2 Å². The lowest BCUT2D eigenvalue weighted by Crippen LogP contribution is -2.37. The minimum Gasteiger partial charge on any atom is -0.355 e. The van der Waals surface area contributed by atoms with Gasteiger partial charge in [-0.3, -0.25) is 0 Å². The lowest BCUT2D eigenvalue weighted by Gasteiger charge is -2.41. The first-order valence-corrected chi connectivity index (χ1v) is 26.1. The molecule has 0 unspecified atom stereocenters. The van der Waals surface area contributed by atoms with Gasteiger partial charge in [-0.1, -0.05) is 175 Å². The van der Waals surface area contributed by atoms with Crippen molar-refractivity contribution < 1.29 is 0 Å². The number of fused-ring (bicyclic) bond motifs is 11. The van der Waals surface area contributed by atoms with Gasteiger partial charge in [0.2, 0.25) is 0 Å². The number of hydrogen-bond acceptors (Lipinski definition) is 2. The van der Waals surface area contributed by atoms with E-state index in [1.165, 1.54) is 132 Å². The van der Waals surface area contributed by atoms with Crippen molar-refractivity contribution in [3.05, 3.63) is 209 Å². The molecule has 4 heteroatoms. The molecule has 0 bridgehead atoms. The average molecular weight is 922 g/mol. The Hall–Kier alpha value is -6.88. The Labute approximate surface area is 417 Å². The van der Waals surface area contributed by atoms with Crippen LogP contribution in [0.25, 0.3) is 69.6 Å². The predicted octanol–water partition coefficient (Wildman–Crippen LogP) is 16.8. The van der Waals surface area contributed by atoms with E-state index in [-0.39, 0.29) is 22.2 Å². The molecule has 0 fully saturated rings. The Kier molecular flexibility index (Phi) is 9.60. The highest BCUT2D eigenvalue weighted by Gasteiger charge is 2.38. The minimum absolute atomic E-state index is 0.0416. The van der Waals surface area contributed by atoms with Crippen LogP contribution in [0.1, 0.15) is 106 Å². The van der Waals surface area contributed by atoms with Crippen molar-refractivity contribution in [1.82, 2.24) is 4.57 Å². The lowest BCUT2D eigenvalue weighted by molar-refractivity contribution is 0.332. The molecule has 1 aliphatic carbocycles. The highest BCUT2D eigenvalue weighted by atomic mass is 32.1. The van der Waals surface area contributed by atoms with E-state index in [1.807, 2.05) is 11.3 Å². The molecule has 9 aromatic carbocycles. The van der Waals surface area contributed by atoms with Crippen LogP contribution in [0, 0.1) is 6.92 Å². The third kappa shape index (κ3) is 6.74. The zero-order valence-electron chi connectivity index (χ0n) is 41.6. The summed E-state index contributed by atoms with van der Waals surface area (Å²) < 4.78 is 5.28. The van der Waals surface area contributed by atoms with Crippen LogP contribution in [0.2, 0.25) is 0 Å². The molecule has 3 heterocycles. The largest absolute Gasteiger partial charge is 0.355 e.